The molecule has 4 nitrogen and oxygen atoms in total. The van der Waals surface area contributed by atoms with Crippen molar-refractivity contribution >= 4 is 21.6 Å². The predicted octanol–water partition coefficient (Wildman–Crippen LogP) is 1.96. The van der Waals surface area contributed by atoms with Gasteiger partial charge in [-0.2, -0.15) is 4.31 Å². The molecule has 0 radical (unpaired) electrons. The van der Waals surface area contributed by atoms with Gasteiger partial charge in [0.05, 0.1) is 4.90 Å². The molecular formula is C14H19ClN2O2S. The summed E-state index contributed by atoms with van der Waals surface area (Å²) in [4.78, 5) is 0.283. The quantitative estimate of drug-likeness (QED) is 0.908. The summed E-state index contributed by atoms with van der Waals surface area (Å²) in [6, 6.07) is 6.51. The maximum absolute atomic E-state index is 12.9. The minimum Gasteiger partial charge on any atom is -0.316 e. The van der Waals surface area contributed by atoms with Crippen molar-refractivity contribution in [2.45, 2.75) is 24.3 Å². The monoisotopic (exact) mass is 314 g/mol. The molecule has 2 aliphatic rings. The van der Waals surface area contributed by atoms with Gasteiger partial charge < -0.3 is 5.32 Å². The van der Waals surface area contributed by atoms with Gasteiger partial charge in [-0.1, -0.05) is 17.7 Å². The van der Waals surface area contributed by atoms with Crippen LogP contribution in [-0.2, 0) is 10.0 Å². The van der Waals surface area contributed by atoms with Crippen molar-refractivity contribution < 1.29 is 8.42 Å². The van der Waals surface area contributed by atoms with Crippen molar-refractivity contribution in [2.75, 3.05) is 19.6 Å². The van der Waals surface area contributed by atoms with E-state index in [0.717, 1.165) is 13.1 Å². The first-order valence-electron chi connectivity index (χ1n) is 6.82. The van der Waals surface area contributed by atoms with Crippen LogP contribution in [0.15, 0.2) is 29.2 Å². The molecule has 110 valence electrons. The SMILES string of the molecule is CC1(C)C2CNCC2CN1S(=O)(=O)c1cccc(Cl)c1. The Morgan fingerprint density at radius 2 is 2.10 bits per heavy atom. The summed E-state index contributed by atoms with van der Waals surface area (Å²) < 4.78 is 27.4. The van der Waals surface area contributed by atoms with Crippen LogP contribution in [0.1, 0.15) is 13.8 Å². The number of sulfonamides is 1. The summed E-state index contributed by atoms with van der Waals surface area (Å²) in [5.41, 5.74) is -0.366. The van der Waals surface area contributed by atoms with Crippen LogP contribution in [0, 0.1) is 11.8 Å². The summed E-state index contributed by atoms with van der Waals surface area (Å²) in [6.45, 7) is 6.41. The van der Waals surface area contributed by atoms with Crippen molar-refractivity contribution in [3.63, 3.8) is 0 Å². The zero-order valence-corrected chi connectivity index (χ0v) is 13.2. The van der Waals surface area contributed by atoms with Crippen LogP contribution >= 0.6 is 11.6 Å². The molecule has 20 heavy (non-hydrogen) atoms. The van der Waals surface area contributed by atoms with Crippen LogP contribution in [0.3, 0.4) is 0 Å². The van der Waals surface area contributed by atoms with E-state index in [1.807, 2.05) is 13.8 Å². The van der Waals surface area contributed by atoms with E-state index in [0.29, 0.717) is 23.4 Å². The molecule has 2 fully saturated rings. The second-order valence-electron chi connectivity index (χ2n) is 6.17. The van der Waals surface area contributed by atoms with E-state index in [1.54, 1.807) is 22.5 Å². The molecule has 1 N–H and O–H groups in total. The van der Waals surface area contributed by atoms with Gasteiger partial charge in [0.2, 0.25) is 10.0 Å². The summed E-state index contributed by atoms with van der Waals surface area (Å²) in [5, 5.41) is 3.81. The maximum Gasteiger partial charge on any atom is 0.243 e. The Morgan fingerprint density at radius 1 is 1.35 bits per heavy atom. The number of rotatable bonds is 2. The van der Waals surface area contributed by atoms with Gasteiger partial charge in [-0.05, 0) is 50.4 Å². The second kappa shape index (κ2) is 4.70. The smallest absolute Gasteiger partial charge is 0.243 e. The van der Waals surface area contributed by atoms with E-state index in [2.05, 4.69) is 5.32 Å². The molecule has 2 unspecified atom stereocenters. The Bertz CT molecular complexity index is 630. The molecule has 0 spiro atoms. The van der Waals surface area contributed by atoms with Crippen LogP contribution in [0.4, 0.5) is 0 Å². The molecule has 2 heterocycles. The number of halogens is 1. The summed E-state index contributed by atoms with van der Waals surface area (Å²) >= 11 is 5.93. The zero-order chi connectivity index (χ0) is 14.5. The van der Waals surface area contributed by atoms with Gasteiger partial charge in [0.1, 0.15) is 0 Å². The number of hydrogen-bond donors (Lipinski definition) is 1. The highest BCUT2D eigenvalue weighted by atomic mass is 35.5. The van der Waals surface area contributed by atoms with Crippen LogP contribution in [0.25, 0.3) is 0 Å². The lowest BCUT2D eigenvalue weighted by molar-refractivity contribution is 0.233. The van der Waals surface area contributed by atoms with E-state index >= 15 is 0 Å². The Labute approximate surface area is 125 Å². The molecule has 0 bridgehead atoms. The first-order valence-corrected chi connectivity index (χ1v) is 8.64. The lowest BCUT2D eigenvalue weighted by Gasteiger charge is -2.34. The first kappa shape index (κ1) is 14.3. The fourth-order valence-corrected chi connectivity index (χ4v) is 5.73. The minimum atomic E-state index is -3.49. The number of hydrogen-bond acceptors (Lipinski definition) is 3. The summed E-state index contributed by atoms with van der Waals surface area (Å²) in [5.74, 6) is 0.774. The van der Waals surface area contributed by atoms with Crippen molar-refractivity contribution in [1.29, 1.82) is 0 Å². The van der Waals surface area contributed by atoms with E-state index in [-0.39, 0.29) is 10.4 Å². The fraction of sp³-hybridized carbons (Fsp3) is 0.571. The third-order valence-electron chi connectivity index (χ3n) is 4.67. The van der Waals surface area contributed by atoms with E-state index < -0.39 is 10.0 Å². The molecule has 0 aromatic heterocycles. The molecule has 3 rings (SSSR count). The van der Waals surface area contributed by atoms with Gasteiger partial charge in [-0.15, -0.1) is 0 Å². The first-order chi connectivity index (χ1) is 9.33. The molecule has 1 aromatic rings. The van der Waals surface area contributed by atoms with E-state index in [9.17, 15) is 8.42 Å². The average Bonchev–Trinajstić information content (AvgIpc) is 2.92. The normalized spacial score (nSPS) is 29.6. The van der Waals surface area contributed by atoms with Crippen LogP contribution in [0.2, 0.25) is 5.02 Å². The van der Waals surface area contributed by atoms with Crippen molar-refractivity contribution in [3.8, 4) is 0 Å². The van der Waals surface area contributed by atoms with Crippen LogP contribution in [-0.4, -0.2) is 37.9 Å². The van der Waals surface area contributed by atoms with Gasteiger partial charge in [-0.25, -0.2) is 8.42 Å². The molecule has 2 aliphatic heterocycles. The largest absolute Gasteiger partial charge is 0.316 e. The lowest BCUT2D eigenvalue weighted by atomic mass is 9.85. The molecule has 0 aliphatic carbocycles. The fourth-order valence-electron chi connectivity index (χ4n) is 3.55. The van der Waals surface area contributed by atoms with Gasteiger partial charge in [-0.3, -0.25) is 0 Å². The van der Waals surface area contributed by atoms with Gasteiger partial charge in [0.15, 0.2) is 0 Å². The highest BCUT2D eigenvalue weighted by Gasteiger charge is 2.54. The van der Waals surface area contributed by atoms with Crippen LogP contribution < -0.4 is 5.32 Å². The molecule has 6 heteroatoms. The number of nitrogens with one attached hydrogen (secondary N) is 1. The van der Waals surface area contributed by atoms with Crippen molar-refractivity contribution in [3.05, 3.63) is 29.3 Å². The number of nitrogens with zero attached hydrogens (tertiary/aromatic N) is 1. The minimum absolute atomic E-state index is 0.283. The highest BCUT2D eigenvalue weighted by molar-refractivity contribution is 7.89. The molecular weight excluding hydrogens is 296 g/mol. The van der Waals surface area contributed by atoms with Crippen molar-refractivity contribution in [1.82, 2.24) is 9.62 Å². The second-order valence-corrected chi connectivity index (χ2v) is 8.47. The molecule has 2 saturated heterocycles. The van der Waals surface area contributed by atoms with Gasteiger partial charge in [0, 0.05) is 23.7 Å². The highest BCUT2D eigenvalue weighted by Crippen LogP contribution is 2.43. The topological polar surface area (TPSA) is 49.4 Å². The van der Waals surface area contributed by atoms with Gasteiger partial charge in [0.25, 0.3) is 0 Å². The standard InChI is InChI=1S/C14H19ClN2O2S/c1-14(2)13-8-16-7-10(13)9-17(14)20(18,19)12-5-3-4-11(15)6-12/h3-6,10,13,16H,7-9H2,1-2H3. The summed E-state index contributed by atoms with van der Waals surface area (Å²) in [6.07, 6.45) is 0. The predicted molar refractivity (Wildman–Crippen MR) is 79.3 cm³/mol. The molecule has 1 aromatic carbocycles. The number of benzene rings is 1. The third kappa shape index (κ3) is 2.08. The zero-order valence-electron chi connectivity index (χ0n) is 11.6. The third-order valence-corrected chi connectivity index (χ3v) is 6.96. The van der Waals surface area contributed by atoms with E-state index in [4.69, 9.17) is 11.6 Å². The van der Waals surface area contributed by atoms with E-state index in [1.165, 1.54) is 6.07 Å². The van der Waals surface area contributed by atoms with Crippen LogP contribution in [0.5, 0.6) is 0 Å². The van der Waals surface area contributed by atoms with Crippen molar-refractivity contribution in [2.24, 2.45) is 11.8 Å². The number of fused-ring (bicyclic) bond motifs is 1. The van der Waals surface area contributed by atoms with Gasteiger partial charge >= 0.3 is 0 Å². The molecule has 2 atom stereocenters. The Balaban J connectivity index is 2.00. The lowest BCUT2D eigenvalue weighted by Crippen LogP contribution is -2.47. The maximum atomic E-state index is 12.9. The molecule has 0 saturated carbocycles. The molecule has 0 amide bonds. The Hall–Kier alpha value is -0.620. The summed E-state index contributed by atoms with van der Waals surface area (Å²) in [7, 11) is -3.49. The Morgan fingerprint density at radius 3 is 2.75 bits per heavy atom. The average molecular weight is 315 g/mol. The Kier molecular flexibility index (Phi) is 3.36.